The molecule has 0 unspecified atom stereocenters. The number of aryl methyl sites for hydroxylation is 1. The van der Waals surface area contributed by atoms with Gasteiger partial charge in [-0.15, -0.1) is 0 Å². The molecule has 2 aliphatic heterocycles. The molecule has 0 radical (unpaired) electrons. The van der Waals surface area contributed by atoms with Gasteiger partial charge in [0.1, 0.15) is 17.0 Å². The summed E-state index contributed by atoms with van der Waals surface area (Å²) in [6, 6.07) is 9.55. The second kappa shape index (κ2) is 6.57. The number of aromatic nitrogens is 2. The van der Waals surface area contributed by atoms with Gasteiger partial charge in [0.25, 0.3) is 5.91 Å². The number of para-hydroxylation sites is 1. The fraction of sp³-hybridized carbons (Fsp3) is 0.421. The van der Waals surface area contributed by atoms with Crippen LogP contribution >= 0.6 is 0 Å². The SMILES string of the molecule is Cc1cc(C(=O)N2Cc3ccccc3OC3(CCOCC3)C2)nc(N)n1. The van der Waals surface area contributed by atoms with Gasteiger partial charge in [0.2, 0.25) is 5.95 Å². The number of nitrogen functional groups attached to an aromatic ring is 1. The number of nitrogens with two attached hydrogens (primary N) is 1. The summed E-state index contributed by atoms with van der Waals surface area (Å²) in [6.45, 7) is 4.02. The third-order valence-corrected chi connectivity index (χ3v) is 4.92. The van der Waals surface area contributed by atoms with Crippen LogP contribution in [0.25, 0.3) is 0 Å². The van der Waals surface area contributed by atoms with Gasteiger partial charge >= 0.3 is 0 Å². The molecule has 1 spiro atoms. The summed E-state index contributed by atoms with van der Waals surface area (Å²) in [4.78, 5) is 23.2. The molecule has 1 amide bonds. The minimum absolute atomic E-state index is 0.112. The maximum atomic E-state index is 13.2. The van der Waals surface area contributed by atoms with Crippen molar-refractivity contribution in [2.45, 2.75) is 31.9 Å². The van der Waals surface area contributed by atoms with Crippen molar-refractivity contribution in [1.29, 1.82) is 0 Å². The third kappa shape index (κ3) is 3.22. The lowest BCUT2D eigenvalue weighted by Crippen LogP contribution is -2.51. The highest BCUT2D eigenvalue weighted by atomic mass is 16.5. The highest BCUT2D eigenvalue weighted by molar-refractivity contribution is 5.92. The molecule has 7 nitrogen and oxygen atoms in total. The Morgan fingerprint density at radius 1 is 1.23 bits per heavy atom. The van der Waals surface area contributed by atoms with Crippen LogP contribution in [0.15, 0.2) is 30.3 Å². The normalized spacial score (nSPS) is 18.7. The monoisotopic (exact) mass is 354 g/mol. The zero-order valence-corrected chi connectivity index (χ0v) is 14.8. The van der Waals surface area contributed by atoms with Gasteiger partial charge in [0.15, 0.2) is 0 Å². The number of amides is 1. The Labute approximate surface area is 152 Å². The molecule has 1 fully saturated rings. The molecule has 0 bridgehead atoms. The number of rotatable bonds is 1. The molecule has 2 N–H and O–H groups in total. The van der Waals surface area contributed by atoms with Crippen LogP contribution in [0.5, 0.6) is 5.75 Å². The average molecular weight is 354 g/mol. The number of fused-ring (bicyclic) bond motifs is 1. The van der Waals surface area contributed by atoms with Crippen molar-refractivity contribution in [1.82, 2.24) is 14.9 Å². The fourth-order valence-electron chi connectivity index (χ4n) is 3.62. The molecule has 136 valence electrons. The number of ether oxygens (including phenoxy) is 2. The molecule has 2 aliphatic rings. The maximum Gasteiger partial charge on any atom is 0.273 e. The van der Waals surface area contributed by atoms with E-state index < -0.39 is 5.60 Å². The molecular weight excluding hydrogens is 332 g/mol. The van der Waals surface area contributed by atoms with E-state index in [4.69, 9.17) is 15.2 Å². The van der Waals surface area contributed by atoms with E-state index in [9.17, 15) is 4.79 Å². The highest BCUT2D eigenvalue weighted by Gasteiger charge is 2.41. The molecular formula is C19H22N4O3. The predicted molar refractivity (Wildman–Crippen MR) is 95.8 cm³/mol. The molecule has 1 saturated heterocycles. The number of hydrogen-bond acceptors (Lipinski definition) is 6. The summed E-state index contributed by atoms with van der Waals surface area (Å²) in [5.74, 6) is 0.789. The zero-order chi connectivity index (χ0) is 18.1. The van der Waals surface area contributed by atoms with E-state index >= 15 is 0 Å². The Morgan fingerprint density at radius 3 is 2.77 bits per heavy atom. The summed E-state index contributed by atoms with van der Waals surface area (Å²) >= 11 is 0. The van der Waals surface area contributed by atoms with Gasteiger partial charge in [-0.25, -0.2) is 9.97 Å². The van der Waals surface area contributed by atoms with E-state index in [1.807, 2.05) is 24.3 Å². The van der Waals surface area contributed by atoms with E-state index in [0.717, 1.165) is 24.2 Å². The quantitative estimate of drug-likeness (QED) is 0.842. The van der Waals surface area contributed by atoms with Gasteiger partial charge in [-0.05, 0) is 19.1 Å². The summed E-state index contributed by atoms with van der Waals surface area (Å²) in [7, 11) is 0. The Balaban J connectivity index is 1.71. The Morgan fingerprint density at radius 2 is 2.00 bits per heavy atom. The molecule has 0 saturated carbocycles. The topological polar surface area (TPSA) is 90.6 Å². The van der Waals surface area contributed by atoms with Gasteiger partial charge in [-0.1, -0.05) is 18.2 Å². The molecule has 7 heteroatoms. The number of anilines is 1. The lowest BCUT2D eigenvalue weighted by Gasteiger charge is -2.38. The lowest BCUT2D eigenvalue weighted by molar-refractivity contribution is -0.0551. The molecule has 0 atom stereocenters. The first-order valence-electron chi connectivity index (χ1n) is 8.80. The summed E-state index contributed by atoms with van der Waals surface area (Å²) in [6.07, 6.45) is 1.49. The predicted octanol–water partition coefficient (Wildman–Crippen LogP) is 1.95. The molecule has 1 aromatic heterocycles. The second-order valence-corrected chi connectivity index (χ2v) is 6.92. The first-order valence-corrected chi connectivity index (χ1v) is 8.80. The van der Waals surface area contributed by atoms with Gasteiger partial charge < -0.3 is 20.1 Å². The molecule has 1 aromatic carbocycles. The minimum Gasteiger partial charge on any atom is -0.485 e. The first-order chi connectivity index (χ1) is 12.5. The Hall–Kier alpha value is -2.67. The van der Waals surface area contributed by atoms with E-state index in [1.165, 1.54) is 0 Å². The van der Waals surface area contributed by atoms with E-state index in [2.05, 4.69) is 9.97 Å². The van der Waals surface area contributed by atoms with Crippen LogP contribution in [0, 0.1) is 6.92 Å². The summed E-state index contributed by atoms with van der Waals surface area (Å²) < 4.78 is 11.9. The van der Waals surface area contributed by atoms with Crippen LogP contribution in [0.2, 0.25) is 0 Å². The zero-order valence-electron chi connectivity index (χ0n) is 14.8. The summed E-state index contributed by atoms with van der Waals surface area (Å²) in [5.41, 5.74) is 7.28. The van der Waals surface area contributed by atoms with Crippen molar-refractivity contribution in [3.8, 4) is 5.75 Å². The van der Waals surface area contributed by atoms with Gasteiger partial charge in [0.05, 0.1) is 19.8 Å². The van der Waals surface area contributed by atoms with Crippen LogP contribution in [0.4, 0.5) is 5.95 Å². The van der Waals surface area contributed by atoms with Crippen molar-refractivity contribution in [2.24, 2.45) is 0 Å². The molecule has 4 rings (SSSR count). The minimum atomic E-state index is -0.436. The Bertz CT molecular complexity index is 813. The van der Waals surface area contributed by atoms with Crippen LogP contribution < -0.4 is 10.5 Å². The second-order valence-electron chi connectivity index (χ2n) is 6.92. The van der Waals surface area contributed by atoms with Gasteiger partial charge in [0, 0.05) is 30.6 Å². The molecule has 3 heterocycles. The third-order valence-electron chi connectivity index (χ3n) is 4.92. The van der Waals surface area contributed by atoms with Crippen LogP contribution in [0.3, 0.4) is 0 Å². The number of carbonyl (C=O) groups excluding carboxylic acids is 1. The van der Waals surface area contributed by atoms with Gasteiger partial charge in [-0.3, -0.25) is 4.79 Å². The van der Waals surface area contributed by atoms with Crippen molar-refractivity contribution in [2.75, 3.05) is 25.5 Å². The van der Waals surface area contributed by atoms with Gasteiger partial charge in [-0.2, -0.15) is 0 Å². The number of carbonyl (C=O) groups is 1. The highest BCUT2D eigenvalue weighted by Crippen LogP contribution is 2.35. The number of nitrogens with zero attached hydrogens (tertiary/aromatic N) is 3. The first kappa shape index (κ1) is 16.8. The molecule has 26 heavy (non-hydrogen) atoms. The standard InChI is InChI=1S/C19H22N4O3/c1-13-10-15(22-18(20)21-13)17(24)23-11-14-4-2-3-5-16(14)26-19(12-23)6-8-25-9-7-19/h2-5,10H,6-9,11-12H2,1H3,(H2,20,21,22). The van der Waals surface area contributed by atoms with Crippen molar-refractivity contribution >= 4 is 11.9 Å². The molecule has 0 aliphatic carbocycles. The molecule has 2 aromatic rings. The summed E-state index contributed by atoms with van der Waals surface area (Å²) in [5, 5.41) is 0. The fourth-order valence-corrected chi connectivity index (χ4v) is 3.62. The smallest absolute Gasteiger partial charge is 0.273 e. The van der Waals surface area contributed by atoms with Crippen LogP contribution in [-0.2, 0) is 11.3 Å². The van der Waals surface area contributed by atoms with Crippen LogP contribution in [0.1, 0.15) is 34.6 Å². The Kier molecular flexibility index (Phi) is 4.24. The van der Waals surface area contributed by atoms with Crippen molar-refractivity contribution in [3.05, 3.63) is 47.3 Å². The average Bonchev–Trinajstić information content (AvgIpc) is 2.77. The van der Waals surface area contributed by atoms with Crippen molar-refractivity contribution in [3.63, 3.8) is 0 Å². The van der Waals surface area contributed by atoms with E-state index in [0.29, 0.717) is 37.7 Å². The number of hydrogen-bond donors (Lipinski definition) is 1. The maximum absolute atomic E-state index is 13.2. The van der Waals surface area contributed by atoms with E-state index in [-0.39, 0.29) is 11.9 Å². The number of benzene rings is 1. The van der Waals surface area contributed by atoms with E-state index in [1.54, 1.807) is 17.9 Å². The lowest BCUT2D eigenvalue weighted by atomic mass is 9.93. The van der Waals surface area contributed by atoms with Crippen molar-refractivity contribution < 1.29 is 14.3 Å². The largest absolute Gasteiger partial charge is 0.485 e. The van der Waals surface area contributed by atoms with Crippen LogP contribution in [-0.4, -0.2) is 46.1 Å².